The van der Waals surface area contributed by atoms with E-state index in [0.29, 0.717) is 0 Å². The van der Waals surface area contributed by atoms with Gasteiger partial charge in [-0.05, 0) is 40.1 Å². The summed E-state index contributed by atoms with van der Waals surface area (Å²) in [4.78, 5) is 4.49. The van der Waals surface area contributed by atoms with E-state index < -0.39 is 0 Å². The van der Waals surface area contributed by atoms with Crippen LogP contribution in [0.25, 0.3) is 0 Å². The van der Waals surface area contributed by atoms with Crippen LogP contribution in [0.1, 0.15) is 24.2 Å². The fourth-order valence-corrected chi connectivity index (χ4v) is 1.87. The zero-order chi connectivity index (χ0) is 13.0. The minimum atomic E-state index is 0.756. The van der Waals surface area contributed by atoms with E-state index in [-0.39, 0.29) is 0 Å². The lowest BCUT2D eigenvalue weighted by atomic mass is 10.3. The summed E-state index contributed by atoms with van der Waals surface area (Å²) in [5.41, 5.74) is 1.26. The van der Waals surface area contributed by atoms with Crippen molar-refractivity contribution in [1.29, 1.82) is 0 Å². The average Bonchev–Trinajstić information content (AvgIpc) is 3.05. The van der Waals surface area contributed by atoms with Gasteiger partial charge in [0.15, 0.2) is 0 Å². The molecule has 2 rings (SSSR count). The van der Waals surface area contributed by atoms with Crippen LogP contribution in [-0.2, 0) is 13.1 Å². The molecule has 1 heterocycles. The highest BCUT2D eigenvalue weighted by molar-refractivity contribution is 5.13. The van der Waals surface area contributed by atoms with Crippen molar-refractivity contribution in [2.75, 3.05) is 34.2 Å². The van der Waals surface area contributed by atoms with Gasteiger partial charge >= 0.3 is 0 Å². The van der Waals surface area contributed by atoms with E-state index in [1.165, 1.54) is 18.4 Å². The molecule has 4 heteroatoms. The van der Waals surface area contributed by atoms with Crippen molar-refractivity contribution in [3.05, 3.63) is 23.7 Å². The summed E-state index contributed by atoms with van der Waals surface area (Å²) in [6.45, 7) is 3.96. The SMILES string of the molecule is CN(C)CCN(C)Cc1cc(CNC2CC2)co1. The van der Waals surface area contributed by atoms with Gasteiger partial charge in [-0.15, -0.1) is 0 Å². The van der Waals surface area contributed by atoms with Crippen molar-refractivity contribution in [1.82, 2.24) is 15.1 Å². The first-order valence-corrected chi connectivity index (χ1v) is 6.76. The topological polar surface area (TPSA) is 31.6 Å². The van der Waals surface area contributed by atoms with Gasteiger partial charge < -0.3 is 14.6 Å². The normalized spacial score (nSPS) is 15.8. The first-order chi connectivity index (χ1) is 8.63. The van der Waals surface area contributed by atoms with Gasteiger partial charge in [-0.2, -0.15) is 0 Å². The average molecular weight is 251 g/mol. The third-order valence-corrected chi connectivity index (χ3v) is 3.23. The molecule has 1 fully saturated rings. The zero-order valence-electron chi connectivity index (χ0n) is 11.8. The lowest BCUT2D eigenvalue weighted by molar-refractivity contribution is 0.258. The maximum Gasteiger partial charge on any atom is 0.118 e. The molecule has 1 aromatic heterocycles. The summed E-state index contributed by atoms with van der Waals surface area (Å²) in [7, 11) is 6.33. The summed E-state index contributed by atoms with van der Waals surface area (Å²) in [5, 5.41) is 3.50. The van der Waals surface area contributed by atoms with Crippen LogP contribution >= 0.6 is 0 Å². The van der Waals surface area contributed by atoms with E-state index in [9.17, 15) is 0 Å². The van der Waals surface area contributed by atoms with Crippen molar-refractivity contribution in [2.24, 2.45) is 0 Å². The molecule has 0 amide bonds. The van der Waals surface area contributed by atoms with Crippen molar-refractivity contribution in [3.8, 4) is 0 Å². The van der Waals surface area contributed by atoms with E-state index in [1.54, 1.807) is 0 Å². The number of furan rings is 1. The second-order valence-corrected chi connectivity index (χ2v) is 5.62. The molecular formula is C14H25N3O. The minimum absolute atomic E-state index is 0.756. The van der Waals surface area contributed by atoms with Gasteiger partial charge in [0.25, 0.3) is 0 Å². The second kappa shape index (κ2) is 6.36. The molecule has 1 N–H and O–H groups in total. The molecule has 4 nitrogen and oxygen atoms in total. The predicted molar refractivity (Wildman–Crippen MR) is 73.5 cm³/mol. The molecule has 1 aromatic rings. The lowest BCUT2D eigenvalue weighted by Crippen LogP contribution is -2.28. The highest BCUT2D eigenvalue weighted by Crippen LogP contribution is 2.19. The molecule has 1 aliphatic carbocycles. The molecule has 0 atom stereocenters. The summed E-state index contributed by atoms with van der Waals surface area (Å²) in [5.74, 6) is 1.06. The molecule has 0 bridgehead atoms. The monoisotopic (exact) mass is 251 g/mol. The van der Waals surface area contributed by atoms with Crippen LogP contribution in [0.3, 0.4) is 0 Å². The maximum atomic E-state index is 5.60. The van der Waals surface area contributed by atoms with E-state index >= 15 is 0 Å². The first kappa shape index (κ1) is 13.6. The van der Waals surface area contributed by atoms with Crippen molar-refractivity contribution < 1.29 is 4.42 Å². The summed E-state index contributed by atoms with van der Waals surface area (Å²) in [6, 6.07) is 2.92. The van der Waals surface area contributed by atoms with Gasteiger partial charge in [0.05, 0.1) is 12.8 Å². The predicted octanol–water partition coefficient (Wildman–Crippen LogP) is 1.52. The van der Waals surface area contributed by atoms with Crippen molar-refractivity contribution in [3.63, 3.8) is 0 Å². The van der Waals surface area contributed by atoms with Crippen LogP contribution in [0.5, 0.6) is 0 Å². The Labute approximate surface area is 110 Å². The second-order valence-electron chi connectivity index (χ2n) is 5.62. The number of rotatable bonds is 8. The van der Waals surface area contributed by atoms with Crippen LogP contribution in [0.15, 0.2) is 16.7 Å². The van der Waals surface area contributed by atoms with E-state index in [0.717, 1.165) is 38.0 Å². The van der Waals surface area contributed by atoms with Gasteiger partial charge in [-0.3, -0.25) is 4.90 Å². The molecular weight excluding hydrogens is 226 g/mol. The Morgan fingerprint density at radius 1 is 1.28 bits per heavy atom. The smallest absolute Gasteiger partial charge is 0.118 e. The highest BCUT2D eigenvalue weighted by Gasteiger charge is 2.20. The number of likely N-dealkylation sites (N-methyl/N-ethyl adjacent to an activating group) is 2. The van der Waals surface area contributed by atoms with E-state index in [4.69, 9.17) is 4.42 Å². The Bertz CT molecular complexity index is 358. The number of nitrogens with one attached hydrogen (secondary N) is 1. The van der Waals surface area contributed by atoms with Crippen LogP contribution in [0.2, 0.25) is 0 Å². The molecule has 1 saturated carbocycles. The fourth-order valence-electron chi connectivity index (χ4n) is 1.87. The Morgan fingerprint density at radius 2 is 2.06 bits per heavy atom. The maximum absolute atomic E-state index is 5.60. The minimum Gasteiger partial charge on any atom is -0.468 e. The van der Waals surface area contributed by atoms with Crippen molar-refractivity contribution in [2.45, 2.75) is 32.0 Å². The molecule has 1 aliphatic rings. The molecule has 0 unspecified atom stereocenters. The van der Waals surface area contributed by atoms with Gasteiger partial charge in [0.1, 0.15) is 5.76 Å². The largest absolute Gasteiger partial charge is 0.468 e. The van der Waals surface area contributed by atoms with Gasteiger partial charge in [0, 0.05) is 31.2 Å². The third kappa shape index (κ3) is 4.80. The van der Waals surface area contributed by atoms with Gasteiger partial charge in [-0.25, -0.2) is 0 Å². The Morgan fingerprint density at radius 3 is 2.72 bits per heavy atom. The number of hydrogen-bond donors (Lipinski definition) is 1. The highest BCUT2D eigenvalue weighted by atomic mass is 16.3. The van der Waals surface area contributed by atoms with Crippen LogP contribution < -0.4 is 5.32 Å². The summed E-state index contributed by atoms with van der Waals surface area (Å²) in [6.07, 6.45) is 4.54. The molecule has 18 heavy (non-hydrogen) atoms. The van der Waals surface area contributed by atoms with E-state index in [1.807, 2.05) is 6.26 Å². The van der Waals surface area contributed by atoms with E-state index in [2.05, 4.69) is 42.3 Å². The van der Waals surface area contributed by atoms with Gasteiger partial charge in [0.2, 0.25) is 0 Å². The molecule has 0 spiro atoms. The summed E-state index contributed by atoms with van der Waals surface area (Å²) < 4.78 is 5.60. The molecule has 0 aliphatic heterocycles. The standard InChI is InChI=1S/C14H25N3O/c1-16(2)6-7-17(3)10-14-8-12(11-18-14)9-15-13-4-5-13/h8,11,13,15H,4-7,9-10H2,1-3H3. The molecule has 0 aromatic carbocycles. The first-order valence-electron chi connectivity index (χ1n) is 6.76. The number of hydrogen-bond acceptors (Lipinski definition) is 4. The van der Waals surface area contributed by atoms with Crippen LogP contribution in [0, 0.1) is 0 Å². The Hall–Kier alpha value is -0.840. The molecule has 0 saturated heterocycles. The lowest BCUT2D eigenvalue weighted by Gasteiger charge is -2.17. The number of nitrogens with zero attached hydrogens (tertiary/aromatic N) is 2. The fraction of sp³-hybridized carbons (Fsp3) is 0.714. The van der Waals surface area contributed by atoms with Crippen LogP contribution in [-0.4, -0.2) is 50.1 Å². The Balaban J connectivity index is 1.71. The quantitative estimate of drug-likeness (QED) is 0.759. The van der Waals surface area contributed by atoms with Gasteiger partial charge in [-0.1, -0.05) is 0 Å². The van der Waals surface area contributed by atoms with Crippen molar-refractivity contribution >= 4 is 0 Å². The van der Waals surface area contributed by atoms with Crippen LogP contribution in [0.4, 0.5) is 0 Å². The Kier molecular flexibility index (Phi) is 4.80. The third-order valence-electron chi connectivity index (χ3n) is 3.23. The molecule has 0 radical (unpaired) electrons. The zero-order valence-corrected chi connectivity index (χ0v) is 11.8. The summed E-state index contributed by atoms with van der Waals surface area (Å²) >= 11 is 0. The molecule has 102 valence electrons.